The van der Waals surface area contributed by atoms with E-state index in [9.17, 15) is 13.2 Å². The lowest BCUT2D eigenvalue weighted by atomic mass is 10.2. The molecule has 0 saturated carbocycles. The largest absolute Gasteiger partial charge is 0.354 e. The summed E-state index contributed by atoms with van der Waals surface area (Å²) in [6, 6.07) is 2.92. The number of rotatable bonds is 7. The van der Waals surface area contributed by atoms with E-state index < -0.39 is 15.9 Å². The van der Waals surface area contributed by atoms with E-state index in [0.717, 1.165) is 11.1 Å². The number of sulfone groups is 1. The summed E-state index contributed by atoms with van der Waals surface area (Å²) in [5, 5.41) is 2.68. The molecule has 0 aliphatic heterocycles. The molecule has 1 aromatic rings. The van der Waals surface area contributed by atoms with Gasteiger partial charge in [0.1, 0.15) is 9.84 Å². The fraction of sp³-hybridized carbons (Fsp3) is 0.545. The monoisotopic (exact) mass is 324 g/mol. The van der Waals surface area contributed by atoms with Crippen molar-refractivity contribution in [1.82, 2.24) is 5.32 Å². The van der Waals surface area contributed by atoms with Crippen molar-refractivity contribution in [1.29, 1.82) is 0 Å². The average Bonchev–Trinajstić information content (AvgIpc) is 2.71. The molecule has 0 spiro atoms. The van der Waals surface area contributed by atoms with Gasteiger partial charge >= 0.3 is 0 Å². The van der Waals surface area contributed by atoms with Gasteiger partial charge < -0.3 is 11.1 Å². The first kappa shape index (κ1) is 16.4. The third kappa shape index (κ3) is 6.91. The van der Waals surface area contributed by atoms with Gasteiger partial charge in [-0.05, 0) is 25.0 Å². The third-order valence-electron chi connectivity index (χ3n) is 2.44. The van der Waals surface area contributed by atoms with E-state index >= 15 is 0 Å². The van der Waals surface area contributed by atoms with Gasteiger partial charge in [-0.15, -0.1) is 11.3 Å². The molecule has 1 unspecified atom stereocenters. The Bertz CT molecular complexity index is 528. The van der Waals surface area contributed by atoms with Crippen molar-refractivity contribution >= 4 is 38.7 Å². The second-order valence-electron chi connectivity index (χ2n) is 4.27. The van der Waals surface area contributed by atoms with Gasteiger partial charge in [0.05, 0.1) is 16.1 Å². The standard InChI is InChI=1S/C11H17ClN2O3S2/c1-19(16,17)7-5-9(13)11(15)14-6-4-8-2-3-10(12)18-8/h2-3,9H,4-7,13H2,1H3,(H,14,15). The van der Waals surface area contributed by atoms with Crippen LogP contribution in [0.2, 0.25) is 4.34 Å². The molecule has 0 bridgehead atoms. The lowest BCUT2D eigenvalue weighted by molar-refractivity contribution is -0.122. The van der Waals surface area contributed by atoms with Gasteiger partial charge in [-0.2, -0.15) is 0 Å². The number of amides is 1. The van der Waals surface area contributed by atoms with Crippen LogP contribution in [0.3, 0.4) is 0 Å². The van der Waals surface area contributed by atoms with Crippen molar-refractivity contribution in [3.63, 3.8) is 0 Å². The Balaban J connectivity index is 2.27. The Morgan fingerprint density at radius 1 is 1.53 bits per heavy atom. The molecule has 1 rings (SSSR count). The van der Waals surface area contributed by atoms with Crippen molar-refractivity contribution in [3.05, 3.63) is 21.3 Å². The fourth-order valence-corrected chi connectivity index (χ4v) is 3.17. The van der Waals surface area contributed by atoms with Crippen molar-refractivity contribution < 1.29 is 13.2 Å². The highest BCUT2D eigenvalue weighted by Crippen LogP contribution is 2.21. The maximum atomic E-state index is 11.6. The van der Waals surface area contributed by atoms with Gasteiger partial charge in [0.2, 0.25) is 5.91 Å². The zero-order valence-electron chi connectivity index (χ0n) is 10.6. The van der Waals surface area contributed by atoms with Crippen molar-refractivity contribution in [3.8, 4) is 0 Å². The Morgan fingerprint density at radius 2 is 2.21 bits per heavy atom. The van der Waals surface area contributed by atoms with Gasteiger partial charge in [-0.25, -0.2) is 8.42 Å². The van der Waals surface area contributed by atoms with Crippen molar-refractivity contribution in [2.75, 3.05) is 18.6 Å². The first-order valence-corrected chi connectivity index (χ1v) is 8.98. The summed E-state index contributed by atoms with van der Waals surface area (Å²) in [4.78, 5) is 12.7. The normalized spacial score (nSPS) is 13.2. The predicted molar refractivity (Wildman–Crippen MR) is 78.3 cm³/mol. The molecule has 0 saturated heterocycles. The first-order valence-electron chi connectivity index (χ1n) is 5.73. The van der Waals surface area contributed by atoms with E-state index in [-0.39, 0.29) is 18.1 Å². The SMILES string of the molecule is CS(=O)(=O)CCC(N)C(=O)NCCc1ccc(Cl)s1. The molecule has 5 nitrogen and oxygen atoms in total. The molecule has 108 valence electrons. The number of halogens is 1. The molecular formula is C11H17ClN2O3S2. The highest BCUT2D eigenvalue weighted by Gasteiger charge is 2.15. The van der Waals surface area contributed by atoms with Gasteiger partial charge in [0.25, 0.3) is 0 Å². The summed E-state index contributed by atoms with van der Waals surface area (Å²) < 4.78 is 22.6. The number of hydrogen-bond acceptors (Lipinski definition) is 5. The number of nitrogens with one attached hydrogen (secondary N) is 1. The molecule has 0 aromatic carbocycles. The van der Waals surface area contributed by atoms with Crippen molar-refractivity contribution in [2.45, 2.75) is 18.9 Å². The predicted octanol–water partition coefficient (Wildman–Crippen LogP) is 0.822. The minimum Gasteiger partial charge on any atom is -0.354 e. The first-order chi connectivity index (χ1) is 8.78. The van der Waals surface area contributed by atoms with E-state index in [1.165, 1.54) is 11.3 Å². The molecular weight excluding hydrogens is 308 g/mol. The minimum atomic E-state index is -3.09. The Kier molecular flexibility index (Phi) is 6.25. The maximum absolute atomic E-state index is 11.6. The van der Waals surface area contributed by atoms with Crippen LogP contribution in [0.1, 0.15) is 11.3 Å². The summed E-state index contributed by atoms with van der Waals surface area (Å²) >= 11 is 7.26. The molecule has 3 N–H and O–H groups in total. The number of carbonyl (C=O) groups excluding carboxylic acids is 1. The average molecular weight is 325 g/mol. The van der Waals surface area contributed by atoms with E-state index in [2.05, 4.69) is 5.32 Å². The summed E-state index contributed by atoms with van der Waals surface area (Å²) in [5.74, 6) is -0.409. The highest BCUT2D eigenvalue weighted by atomic mass is 35.5. The minimum absolute atomic E-state index is 0.0812. The topological polar surface area (TPSA) is 89.3 Å². The molecule has 8 heteroatoms. The fourth-order valence-electron chi connectivity index (χ4n) is 1.40. The summed E-state index contributed by atoms with van der Waals surface area (Å²) in [6.07, 6.45) is 1.94. The molecule has 0 aliphatic rings. The van der Waals surface area contributed by atoms with Crippen LogP contribution in [-0.2, 0) is 21.1 Å². The van der Waals surface area contributed by atoms with E-state index in [4.69, 9.17) is 17.3 Å². The van der Waals surface area contributed by atoms with Crippen molar-refractivity contribution in [2.24, 2.45) is 5.73 Å². The maximum Gasteiger partial charge on any atom is 0.236 e. The second kappa shape index (κ2) is 7.23. The number of thiophene rings is 1. The lowest BCUT2D eigenvalue weighted by Crippen LogP contribution is -2.42. The van der Waals surface area contributed by atoms with Crippen LogP contribution < -0.4 is 11.1 Å². The van der Waals surface area contributed by atoms with Crippen LogP contribution in [0.5, 0.6) is 0 Å². The summed E-state index contributed by atoms with van der Waals surface area (Å²) in [5.41, 5.74) is 5.61. The molecule has 1 atom stereocenters. The smallest absolute Gasteiger partial charge is 0.236 e. The van der Waals surface area contributed by atoms with E-state index in [1.54, 1.807) is 6.07 Å². The van der Waals surface area contributed by atoms with Crippen LogP contribution in [0.15, 0.2) is 12.1 Å². The lowest BCUT2D eigenvalue weighted by Gasteiger charge is -2.11. The second-order valence-corrected chi connectivity index (χ2v) is 8.33. The number of carbonyl (C=O) groups is 1. The Labute approximate surface area is 122 Å². The van der Waals surface area contributed by atoms with Crippen LogP contribution in [0.25, 0.3) is 0 Å². The third-order valence-corrected chi connectivity index (χ3v) is 4.70. The Morgan fingerprint density at radius 3 is 2.74 bits per heavy atom. The molecule has 1 aromatic heterocycles. The number of hydrogen-bond donors (Lipinski definition) is 2. The summed E-state index contributed by atoms with van der Waals surface area (Å²) in [6.45, 7) is 0.461. The number of nitrogens with two attached hydrogens (primary N) is 1. The Hall–Kier alpha value is -0.630. The molecule has 19 heavy (non-hydrogen) atoms. The van der Waals surface area contributed by atoms with Gasteiger partial charge in [0, 0.05) is 17.7 Å². The van der Waals surface area contributed by atoms with Gasteiger partial charge in [-0.3, -0.25) is 4.79 Å². The molecule has 0 radical (unpaired) electrons. The van der Waals surface area contributed by atoms with E-state index in [0.29, 0.717) is 17.3 Å². The highest BCUT2D eigenvalue weighted by molar-refractivity contribution is 7.90. The van der Waals surface area contributed by atoms with Crippen LogP contribution >= 0.6 is 22.9 Å². The zero-order valence-corrected chi connectivity index (χ0v) is 12.9. The van der Waals surface area contributed by atoms with E-state index in [1.807, 2.05) is 6.07 Å². The zero-order chi connectivity index (χ0) is 14.5. The molecule has 0 fully saturated rings. The van der Waals surface area contributed by atoms with Crippen LogP contribution in [-0.4, -0.2) is 38.9 Å². The van der Waals surface area contributed by atoms with Gasteiger partial charge in [0.15, 0.2) is 0 Å². The summed E-state index contributed by atoms with van der Waals surface area (Å²) in [7, 11) is -3.09. The van der Waals surface area contributed by atoms with Crippen LogP contribution in [0, 0.1) is 0 Å². The molecule has 1 heterocycles. The van der Waals surface area contributed by atoms with Crippen LogP contribution in [0.4, 0.5) is 0 Å². The van der Waals surface area contributed by atoms with Gasteiger partial charge in [-0.1, -0.05) is 11.6 Å². The molecule has 1 amide bonds. The molecule has 0 aliphatic carbocycles. The quantitative estimate of drug-likeness (QED) is 0.777.